The van der Waals surface area contributed by atoms with Crippen molar-refractivity contribution in [3.63, 3.8) is 0 Å². The van der Waals surface area contributed by atoms with E-state index in [1.165, 1.54) is 11.6 Å². The van der Waals surface area contributed by atoms with Gasteiger partial charge in [0.25, 0.3) is 5.91 Å². The van der Waals surface area contributed by atoms with E-state index in [-0.39, 0.29) is 17.8 Å². The molecule has 0 saturated heterocycles. The molecule has 1 amide bonds. The highest BCUT2D eigenvalue weighted by Crippen LogP contribution is 2.21. The average Bonchev–Trinajstić information content (AvgIpc) is 3.18. The number of benzene rings is 2. The summed E-state index contributed by atoms with van der Waals surface area (Å²) in [5, 5.41) is 2.98. The Labute approximate surface area is 169 Å². The first-order valence-electron chi connectivity index (χ1n) is 9.36. The minimum atomic E-state index is -0.203. The molecule has 0 saturated carbocycles. The molecule has 0 aliphatic rings. The zero-order valence-corrected chi connectivity index (χ0v) is 16.7. The second-order valence-corrected chi connectivity index (χ2v) is 7.73. The van der Waals surface area contributed by atoms with Gasteiger partial charge in [0.15, 0.2) is 5.76 Å². The number of hydrogen-bond acceptors (Lipinski definition) is 3. The highest BCUT2D eigenvalue weighted by Gasteiger charge is 2.14. The van der Waals surface area contributed by atoms with Crippen molar-refractivity contribution in [2.75, 3.05) is 0 Å². The summed E-state index contributed by atoms with van der Waals surface area (Å²) in [4.78, 5) is 12.4. The number of rotatable bonds is 9. The van der Waals surface area contributed by atoms with Crippen molar-refractivity contribution in [3.05, 3.63) is 95.2 Å². The summed E-state index contributed by atoms with van der Waals surface area (Å²) in [6.07, 6.45) is 1.78. The lowest BCUT2D eigenvalue weighted by Gasteiger charge is -2.12. The molecule has 3 nitrogen and oxygen atoms in total. The fourth-order valence-electron chi connectivity index (χ4n) is 2.85. The minimum absolute atomic E-state index is 0.0525. The molecule has 0 unspecified atom stereocenters. The van der Waals surface area contributed by atoms with E-state index in [4.69, 9.17) is 4.42 Å². The van der Waals surface area contributed by atoms with Gasteiger partial charge >= 0.3 is 0 Å². The predicted octanol–water partition coefficient (Wildman–Crippen LogP) is 5.60. The third-order valence-electron chi connectivity index (χ3n) is 4.43. The smallest absolute Gasteiger partial charge is 0.287 e. The van der Waals surface area contributed by atoms with Crippen LogP contribution in [0.15, 0.2) is 71.1 Å². The van der Waals surface area contributed by atoms with Gasteiger partial charge in [0.1, 0.15) is 11.6 Å². The Morgan fingerprint density at radius 2 is 1.79 bits per heavy atom. The van der Waals surface area contributed by atoms with Gasteiger partial charge in [0, 0.05) is 11.8 Å². The van der Waals surface area contributed by atoms with Crippen molar-refractivity contribution in [1.29, 1.82) is 0 Å². The molecule has 2 aromatic carbocycles. The van der Waals surface area contributed by atoms with Gasteiger partial charge in [-0.3, -0.25) is 4.79 Å². The van der Waals surface area contributed by atoms with Gasteiger partial charge in [0.05, 0.1) is 5.75 Å². The summed E-state index contributed by atoms with van der Waals surface area (Å²) in [5.74, 6) is 1.78. The molecule has 0 radical (unpaired) electrons. The molecule has 3 aromatic rings. The zero-order chi connectivity index (χ0) is 19.8. The molecule has 3 rings (SSSR count). The van der Waals surface area contributed by atoms with Crippen LogP contribution in [-0.2, 0) is 17.9 Å². The number of carbonyl (C=O) groups is 1. The largest absolute Gasteiger partial charge is 0.455 e. The van der Waals surface area contributed by atoms with Crippen molar-refractivity contribution in [2.45, 2.75) is 37.3 Å². The maximum Gasteiger partial charge on any atom is 0.287 e. The molecule has 28 heavy (non-hydrogen) atoms. The van der Waals surface area contributed by atoms with E-state index in [1.54, 1.807) is 36.0 Å². The van der Waals surface area contributed by atoms with Gasteiger partial charge < -0.3 is 9.73 Å². The highest BCUT2D eigenvalue weighted by atomic mass is 32.2. The molecule has 0 aliphatic heterocycles. The molecule has 0 aliphatic carbocycles. The van der Waals surface area contributed by atoms with Gasteiger partial charge in [-0.2, -0.15) is 0 Å². The van der Waals surface area contributed by atoms with Crippen LogP contribution in [0.5, 0.6) is 0 Å². The Balaban J connectivity index is 1.43. The lowest BCUT2D eigenvalue weighted by atomic mass is 10.1. The number of aryl methyl sites for hydroxylation is 1. The second kappa shape index (κ2) is 10.1. The normalized spacial score (nSPS) is 11.9. The van der Waals surface area contributed by atoms with Crippen LogP contribution in [0.1, 0.15) is 40.8 Å². The average molecular weight is 398 g/mol. The maximum atomic E-state index is 13.6. The first-order valence-corrected chi connectivity index (χ1v) is 10.5. The molecule has 1 heterocycles. The number of carbonyl (C=O) groups excluding carboxylic acids is 1. The molecule has 146 valence electrons. The van der Waals surface area contributed by atoms with Gasteiger partial charge in [-0.1, -0.05) is 48.5 Å². The van der Waals surface area contributed by atoms with Gasteiger partial charge in [-0.05, 0) is 49.1 Å². The van der Waals surface area contributed by atoms with Gasteiger partial charge in [-0.15, -0.1) is 11.8 Å². The standard InChI is InChI=1S/C23H24FNO2S/c1-17(11-12-18-7-3-2-4-8-18)25-23(26)22-14-13-20(27-22)16-28-15-19-9-5-6-10-21(19)24/h2-10,13-14,17H,11-12,15-16H2,1H3,(H,25,26)/t17-/m0/s1. The second-order valence-electron chi connectivity index (χ2n) is 6.75. The topological polar surface area (TPSA) is 42.2 Å². The number of halogens is 1. The quantitative estimate of drug-likeness (QED) is 0.511. The van der Waals surface area contributed by atoms with Crippen molar-refractivity contribution in [1.82, 2.24) is 5.32 Å². The fraction of sp³-hybridized carbons (Fsp3) is 0.261. The summed E-state index contributed by atoms with van der Waals surface area (Å²) >= 11 is 1.55. The predicted molar refractivity (Wildman–Crippen MR) is 112 cm³/mol. The van der Waals surface area contributed by atoms with E-state index in [9.17, 15) is 9.18 Å². The maximum absolute atomic E-state index is 13.6. The molecule has 1 atom stereocenters. The van der Waals surface area contributed by atoms with Crippen LogP contribution in [-0.4, -0.2) is 11.9 Å². The molecule has 1 aromatic heterocycles. The molecule has 0 spiro atoms. The van der Waals surface area contributed by atoms with E-state index in [0.717, 1.165) is 12.8 Å². The summed E-state index contributed by atoms with van der Waals surface area (Å²) in [6.45, 7) is 1.99. The number of furan rings is 1. The Morgan fingerprint density at radius 1 is 1.04 bits per heavy atom. The monoisotopic (exact) mass is 397 g/mol. The van der Waals surface area contributed by atoms with Gasteiger partial charge in [-0.25, -0.2) is 4.39 Å². The third-order valence-corrected chi connectivity index (χ3v) is 5.44. The Kier molecular flexibility index (Phi) is 7.31. The number of hydrogen-bond donors (Lipinski definition) is 1. The van der Waals surface area contributed by atoms with Crippen molar-refractivity contribution in [2.24, 2.45) is 0 Å². The molecule has 0 fully saturated rings. The lowest BCUT2D eigenvalue weighted by Crippen LogP contribution is -2.32. The lowest BCUT2D eigenvalue weighted by molar-refractivity contribution is 0.0909. The Morgan fingerprint density at radius 3 is 2.57 bits per heavy atom. The van der Waals surface area contributed by atoms with E-state index in [1.807, 2.05) is 31.2 Å². The molecular formula is C23H24FNO2S. The van der Waals surface area contributed by atoms with Crippen molar-refractivity contribution >= 4 is 17.7 Å². The Bertz CT molecular complexity index is 894. The summed E-state index contributed by atoms with van der Waals surface area (Å²) in [6, 6.07) is 20.5. The summed E-state index contributed by atoms with van der Waals surface area (Å²) in [5.41, 5.74) is 1.93. The van der Waals surface area contributed by atoms with E-state index in [0.29, 0.717) is 28.6 Å². The van der Waals surface area contributed by atoms with Crippen molar-refractivity contribution in [3.8, 4) is 0 Å². The van der Waals surface area contributed by atoms with Crippen LogP contribution >= 0.6 is 11.8 Å². The third kappa shape index (κ3) is 5.99. The van der Waals surface area contributed by atoms with Crippen molar-refractivity contribution < 1.29 is 13.6 Å². The van der Waals surface area contributed by atoms with E-state index < -0.39 is 0 Å². The Hall–Kier alpha value is -2.53. The summed E-state index contributed by atoms with van der Waals surface area (Å²) < 4.78 is 19.3. The summed E-state index contributed by atoms with van der Waals surface area (Å²) in [7, 11) is 0. The first kappa shape index (κ1) is 20.2. The van der Waals surface area contributed by atoms with E-state index in [2.05, 4.69) is 17.4 Å². The van der Waals surface area contributed by atoms with Crippen LogP contribution in [0.4, 0.5) is 4.39 Å². The number of thioether (sulfide) groups is 1. The number of nitrogens with one attached hydrogen (secondary N) is 1. The van der Waals surface area contributed by atoms with Crippen LogP contribution < -0.4 is 5.32 Å². The molecule has 1 N–H and O–H groups in total. The van der Waals surface area contributed by atoms with Crippen LogP contribution in [0, 0.1) is 5.82 Å². The first-order chi connectivity index (χ1) is 13.6. The van der Waals surface area contributed by atoms with E-state index >= 15 is 0 Å². The zero-order valence-electron chi connectivity index (χ0n) is 15.9. The SMILES string of the molecule is C[C@@H](CCc1ccccc1)NC(=O)c1ccc(CSCc2ccccc2F)o1. The number of amides is 1. The molecular weight excluding hydrogens is 373 g/mol. The van der Waals surface area contributed by atoms with Crippen LogP contribution in [0.2, 0.25) is 0 Å². The minimum Gasteiger partial charge on any atom is -0.455 e. The van der Waals surface area contributed by atoms with Crippen LogP contribution in [0.25, 0.3) is 0 Å². The highest BCUT2D eigenvalue weighted by molar-refractivity contribution is 7.97. The molecule has 0 bridgehead atoms. The van der Waals surface area contributed by atoms with Gasteiger partial charge in [0.2, 0.25) is 0 Å². The fourth-order valence-corrected chi connectivity index (χ4v) is 3.76. The van der Waals surface area contributed by atoms with Crippen LogP contribution in [0.3, 0.4) is 0 Å². The molecule has 5 heteroatoms.